The molecule has 0 radical (unpaired) electrons. The number of likely N-dealkylation sites (tertiary alicyclic amines) is 1. The summed E-state index contributed by atoms with van der Waals surface area (Å²) in [7, 11) is 1.81. The minimum atomic E-state index is 0.167. The summed E-state index contributed by atoms with van der Waals surface area (Å²) in [6.07, 6.45) is 6.04. The van der Waals surface area contributed by atoms with Crippen molar-refractivity contribution in [2.45, 2.75) is 37.6 Å². The zero-order chi connectivity index (χ0) is 14.7. The Hall–Kier alpha value is -0.900. The number of benzene rings is 1. The number of fused-ring (bicyclic) bond motifs is 1. The van der Waals surface area contributed by atoms with Gasteiger partial charge in [0.2, 0.25) is 0 Å². The molecule has 3 nitrogen and oxygen atoms in total. The van der Waals surface area contributed by atoms with E-state index < -0.39 is 0 Å². The molecule has 2 unspecified atom stereocenters. The number of ether oxygens (including phenoxy) is 1. The van der Waals surface area contributed by atoms with Crippen molar-refractivity contribution < 1.29 is 4.74 Å². The minimum Gasteiger partial charge on any atom is -0.384 e. The van der Waals surface area contributed by atoms with E-state index in [0.717, 1.165) is 26.1 Å². The van der Waals surface area contributed by atoms with E-state index in [1.807, 2.05) is 7.11 Å². The lowest BCUT2D eigenvalue weighted by Gasteiger charge is -2.49. The first-order valence-electron chi connectivity index (χ1n) is 8.28. The van der Waals surface area contributed by atoms with Crippen molar-refractivity contribution in [2.24, 2.45) is 11.7 Å². The van der Waals surface area contributed by atoms with E-state index >= 15 is 0 Å². The molecule has 0 saturated carbocycles. The van der Waals surface area contributed by atoms with Gasteiger partial charge in [-0.1, -0.05) is 24.3 Å². The summed E-state index contributed by atoms with van der Waals surface area (Å²) in [5, 5.41) is 0. The van der Waals surface area contributed by atoms with Crippen LogP contribution in [0.4, 0.5) is 0 Å². The quantitative estimate of drug-likeness (QED) is 0.923. The molecular formula is C18H28N2O. The minimum absolute atomic E-state index is 0.167. The van der Waals surface area contributed by atoms with Crippen LogP contribution in [0.15, 0.2) is 24.3 Å². The third-order valence-corrected chi connectivity index (χ3v) is 5.47. The molecule has 116 valence electrons. The zero-order valence-corrected chi connectivity index (χ0v) is 13.2. The van der Waals surface area contributed by atoms with E-state index in [9.17, 15) is 0 Å². The Bertz CT molecular complexity index is 474. The highest BCUT2D eigenvalue weighted by atomic mass is 16.5. The van der Waals surface area contributed by atoms with Gasteiger partial charge in [0, 0.05) is 25.7 Å². The first kappa shape index (κ1) is 15.0. The Morgan fingerprint density at radius 3 is 2.90 bits per heavy atom. The summed E-state index contributed by atoms with van der Waals surface area (Å²) in [6.45, 7) is 3.99. The van der Waals surface area contributed by atoms with Crippen LogP contribution in [0.3, 0.4) is 0 Å². The first-order valence-corrected chi connectivity index (χ1v) is 8.28. The molecule has 2 atom stereocenters. The van der Waals surface area contributed by atoms with Gasteiger partial charge in [0.15, 0.2) is 0 Å². The summed E-state index contributed by atoms with van der Waals surface area (Å²) < 4.78 is 5.38. The molecule has 0 bridgehead atoms. The summed E-state index contributed by atoms with van der Waals surface area (Å²) >= 11 is 0. The van der Waals surface area contributed by atoms with Crippen molar-refractivity contribution in [1.82, 2.24) is 4.90 Å². The van der Waals surface area contributed by atoms with Crippen molar-refractivity contribution in [1.29, 1.82) is 0 Å². The predicted octanol–water partition coefficient (Wildman–Crippen LogP) is 2.23. The second-order valence-corrected chi connectivity index (χ2v) is 6.78. The Balaban J connectivity index is 1.78. The topological polar surface area (TPSA) is 38.5 Å². The van der Waals surface area contributed by atoms with E-state index in [4.69, 9.17) is 10.5 Å². The molecule has 1 fully saturated rings. The second kappa shape index (κ2) is 6.47. The number of hydrogen-bond donors (Lipinski definition) is 1. The van der Waals surface area contributed by atoms with Crippen molar-refractivity contribution in [3.05, 3.63) is 35.4 Å². The van der Waals surface area contributed by atoms with E-state index in [-0.39, 0.29) is 5.54 Å². The van der Waals surface area contributed by atoms with Gasteiger partial charge in [0.1, 0.15) is 0 Å². The van der Waals surface area contributed by atoms with Gasteiger partial charge >= 0.3 is 0 Å². The van der Waals surface area contributed by atoms with Gasteiger partial charge in [-0.2, -0.15) is 0 Å². The number of aryl methyl sites for hydroxylation is 1. The molecule has 1 saturated heterocycles. The van der Waals surface area contributed by atoms with Gasteiger partial charge in [0.05, 0.1) is 6.61 Å². The molecular weight excluding hydrogens is 260 g/mol. The van der Waals surface area contributed by atoms with Crippen molar-refractivity contribution in [3.63, 3.8) is 0 Å². The third-order valence-electron chi connectivity index (χ3n) is 5.47. The van der Waals surface area contributed by atoms with Gasteiger partial charge in [-0.15, -0.1) is 0 Å². The number of methoxy groups -OCH3 is 1. The van der Waals surface area contributed by atoms with Crippen LogP contribution >= 0.6 is 0 Å². The van der Waals surface area contributed by atoms with Crippen LogP contribution in [0.5, 0.6) is 0 Å². The van der Waals surface area contributed by atoms with E-state index in [2.05, 4.69) is 29.2 Å². The molecule has 1 aliphatic carbocycles. The van der Waals surface area contributed by atoms with Crippen LogP contribution in [-0.4, -0.2) is 43.8 Å². The van der Waals surface area contributed by atoms with Crippen LogP contribution in [-0.2, 0) is 17.6 Å². The molecule has 3 heteroatoms. The maximum absolute atomic E-state index is 6.27. The molecule has 0 spiro atoms. The highest BCUT2D eigenvalue weighted by Gasteiger charge is 2.40. The fourth-order valence-corrected chi connectivity index (χ4v) is 4.22. The highest BCUT2D eigenvalue weighted by Crippen LogP contribution is 2.35. The van der Waals surface area contributed by atoms with Crippen molar-refractivity contribution >= 4 is 0 Å². The van der Waals surface area contributed by atoms with Gasteiger partial charge < -0.3 is 10.5 Å². The zero-order valence-electron chi connectivity index (χ0n) is 13.2. The second-order valence-electron chi connectivity index (χ2n) is 6.78. The molecule has 2 N–H and O–H groups in total. The van der Waals surface area contributed by atoms with E-state index in [1.165, 1.54) is 43.4 Å². The summed E-state index contributed by atoms with van der Waals surface area (Å²) in [4.78, 5) is 2.68. The lowest BCUT2D eigenvalue weighted by Crippen LogP contribution is -2.60. The number of piperidine rings is 1. The van der Waals surface area contributed by atoms with Gasteiger partial charge in [-0.05, 0) is 55.7 Å². The lowest BCUT2D eigenvalue weighted by molar-refractivity contribution is 0.0146. The van der Waals surface area contributed by atoms with Crippen LogP contribution in [0.2, 0.25) is 0 Å². The number of hydrogen-bond acceptors (Lipinski definition) is 3. The van der Waals surface area contributed by atoms with E-state index in [1.54, 1.807) is 0 Å². The number of rotatable bonds is 4. The van der Waals surface area contributed by atoms with Crippen LogP contribution in [0, 0.1) is 5.92 Å². The van der Waals surface area contributed by atoms with Gasteiger partial charge in [-0.25, -0.2) is 0 Å². The van der Waals surface area contributed by atoms with Crippen LogP contribution in [0.25, 0.3) is 0 Å². The molecule has 0 amide bonds. The molecule has 1 aromatic carbocycles. The smallest absolute Gasteiger partial charge is 0.0502 e. The van der Waals surface area contributed by atoms with Crippen LogP contribution in [0.1, 0.15) is 30.4 Å². The number of nitrogens with zero attached hydrogens (tertiary/aromatic N) is 1. The third kappa shape index (κ3) is 3.01. The number of nitrogens with two attached hydrogens (primary N) is 1. The summed E-state index contributed by atoms with van der Waals surface area (Å²) in [5.41, 5.74) is 9.46. The Morgan fingerprint density at radius 2 is 2.14 bits per heavy atom. The van der Waals surface area contributed by atoms with E-state index in [0.29, 0.717) is 5.92 Å². The fraction of sp³-hybridized carbons (Fsp3) is 0.667. The summed E-state index contributed by atoms with van der Waals surface area (Å²) in [5.74, 6) is 0.671. The lowest BCUT2D eigenvalue weighted by atomic mass is 9.75. The highest BCUT2D eigenvalue weighted by molar-refractivity contribution is 5.32. The SMILES string of the molecule is COCC1CCCN(C2(CN)CCc3ccccc3C2)C1. The van der Waals surface area contributed by atoms with Crippen molar-refractivity contribution in [3.8, 4) is 0 Å². The maximum Gasteiger partial charge on any atom is 0.0502 e. The Labute approximate surface area is 128 Å². The normalized spacial score (nSPS) is 30.1. The van der Waals surface area contributed by atoms with Gasteiger partial charge in [-0.3, -0.25) is 4.90 Å². The maximum atomic E-state index is 6.27. The summed E-state index contributed by atoms with van der Waals surface area (Å²) in [6, 6.07) is 8.88. The van der Waals surface area contributed by atoms with Crippen molar-refractivity contribution in [2.75, 3.05) is 33.4 Å². The molecule has 1 heterocycles. The standard InChI is InChI=1S/C18H28N2O/c1-21-13-15-5-4-10-20(12-15)18(14-19)9-8-16-6-2-3-7-17(16)11-18/h2-3,6-7,15H,4-5,8-14,19H2,1H3. The molecule has 2 aliphatic rings. The molecule has 1 aliphatic heterocycles. The first-order chi connectivity index (χ1) is 10.3. The monoisotopic (exact) mass is 288 g/mol. The van der Waals surface area contributed by atoms with Crippen LogP contribution < -0.4 is 5.73 Å². The Kier molecular flexibility index (Phi) is 4.63. The molecule has 21 heavy (non-hydrogen) atoms. The fourth-order valence-electron chi connectivity index (χ4n) is 4.22. The Morgan fingerprint density at radius 1 is 1.33 bits per heavy atom. The molecule has 1 aromatic rings. The molecule has 0 aromatic heterocycles. The average molecular weight is 288 g/mol. The average Bonchev–Trinajstić information content (AvgIpc) is 2.55. The predicted molar refractivity (Wildman–Crippen MR) is 86.4 cm³/mol. The van der Waals surface area contributed by atoms with Gasteiger partial charge in [0.25, 0.3) is 0 Å². The largest absolute Gasteiger partial charge is 0.384 e. The molecule has 3 rings (SSSR count).